The highest BCUT2D eigenvalue weighted by Gasteiger charge is 2.35. The van der Waals surface area contributed by atoms with E-state index in [1.165, 1.54) is 23.0 Å². The van der Waals surface area contributed by atoms with Crippen LogP contribution in [0.15, 0.2) is 105 Å². The van der Waals surface area contributed by atoms with Crippen LogP contribution in [-0.2, 0) is 9.53 Å². The number of aromatic nitrogens is 1. The van der Waals surface area contributed by atoms with E-state index in [1.807, 2.05) is 54.6 Å². The number of ether oxygens (including phenoxy) is 3. The third kappa shape index (κ3) is 5.47. The molecule has 0 saturated heterocycles. The fraction of sp³-hybridized carbons (Fsp3) is 0.147. The van der Waals surface area contributed by atoms with Gasteiger partial charge in [0.25, 0.3) is 5.56 Å². The molecule has 0 aliphatic carbocycles. The van der Waals surface area contributed by atoms with Gasteiger partial charge in [0.05, 0.1) is 42.7 Å². The summed E-state index contributed by atoms with van der Waals surface area (Å²) in [5, 5.41) is 0.593. The Morgan fingerprint density at radius 1 is 0.977 bits per heavy atom. The zero-order chi connectivity index (χ0) is 30.8. The number of rotatable bonds is 8. The minimum atomic E-state index is -0.860. The van der Waals surface area contributed by atoms with Crippen LogP contribution in [0.3, 0.4) is 0 Å². The molecule has 44 heavy (non-hydrogen) atoms. The molecule has 8 nitrogen and oxygen atoms in total. The van der Waals surface area contributed by atoms with Gasteiger partial charge in [-0.25, -0.2) is 9.79 Å². The Bertz CT molecular complexity index is 2080. The van der Waals surface area contributed by atoms with E-state index >= 15 is 0 Å². The topological polar surface area (TPSA) is 92.3 Å². The minimum Gasteiger partial charge on any atom is -0.493 e. The number of hydrogen-bond acceptors (Lipinski definition) is 8. The first-order chi connectivity index (χ1) is 21.4. The quantitative estimate of drug-likeness (QED) is 0.200. The van der Waals surface area contributed by atoms with E-state index in [-0.39, 0.29) is 17.7 Å². The van der Waals surface area contributed by atoms with Crippen molar-refractivity contribution in [3.05, 3.63) is 132 Å². The molecule has 3 aromatic carbocycles. The fourth-order valence-corrected chi connectivity index (χ4v) is 6.31. The maximum Gasteiger partial charge on any atom is 0.338 e. The van der Waals surface area contributed by atoms with Gasteiger partial charge in [-0.1, -0.05) is 71.5 Å². The summed E-state index contributed by atoms with van der Waals surface area (Å²) in [6.45, 7) is 1.89. The van der Waals surface area contributed by atoms with Crippen LogP contribution in [0.4, 0.5) is 0 Å². The predicted octanol–water partition coefficient (Wildman–Crippen LogP) is 5.87. The van der Waals surface area contributed by atoms with Crippen molar-refractivity contribution in [1.82, 2.24) is 4.57 Å². The summed E-state index contributed by atoms with van der Waals surface area (Å²) in [5.74, 6) is 1.51. The highest BCUT2D eigenvalue weighted by molar-refractivity contribution is 7.07. The number of thiazole rings is 1. The summed E-state index contributed by atoms with van der Waals surface area (Å²) in [7, 11) is 3.08. The molecule has 1 aliphatic heterocycles. The first-order valence-corrected chi connectivity index (χ1v) is 15.0. The second kappa shape index (κ2) is 12.4. The van der Waals surface area contributed by atoms with Crippen LogP contribution < -0.4 is 24.4 Å². The first-order valence-electron chi connectivity index (χ1n) is 13.8. The second-order valence-corrected chi connectivity index (χ2v) is 11.2. The standard InChI is InChI=1S/C34H27ClN2O6S/c1-4-42-33(39)29-30(20-9-6-5-7-10-20)36-34-37(31(29)22-13-15-26(40-2)27(18-22)41-3)32(38)28(44-34)19-24-14-16-25(43-24)21-11-8-12-23(35)17-21/h5-19,31H,4H2,1-3H3/b28-19-/t31-/m1/s1. The van der Waals surface area contributed by atoms with E-state index < -0.39 is 12.0 Å². The molecule has 0 spiro atoms. The van der Waals surface area contributed by atoms with Gasteiger partial charge in [-0.05, 0) is 48.9 Å². The zero-order valence-electron chi connectivity index (χ0n) is 24.1. The van der Waals surface area contributed by atoms with Crippen LogP contribution in [0.25, 0.3) is 23.1 Å². The van der Waals surface area contributed by atoms with Gasteiger partial charge in [0.1, 0.15) is 11.5 Å². The number of methoxy groups -OCH3 is 2. The number of fused-ring (bicyclic) bond motifs is 1. The molecule has 0 unspecified atom stereocenters. The number of esters is 1. The van der Waals surface area contributed by atoms with Crippen molar-refractivity contribution < 1.29 is 23.4 Å². The van der Waals surface area contributed by atoms with Gasteiger partial charge < -0.3 is 18.6 Å². The summed E-state index contributed by atoms with van der Waals surface area (Å²) in [5.41, 5.74) is 2.50. The maximum absolute atomic E-state index is 14.2. The van der Waals surface area contributed by atoms with E-state index in [9.17, 15) is 9.59 Å². The summed E-state index contributed by atoms with van der Waals surface area (Å²) in [4.78, 5) is 33.1. The Labute approximate surface area is 261 Å². The molecule has 0 bridgehead atoms. The van der Waals surface area contributed by atoms with Crippen molar-refractivity contribution in [2.75, 3.05) is 20.8 Å². The number of benzene rings is 3. The highest BCUT2D eigenvalue weighted by Crippen LogP contribution is 2.38. The van der Waals surface area contributed by atoms with Gasteiger partial charge in [0.2, 0.25) is 0 Å². The lowest BCUT2D eigenvalue weighted by molar-refractivity contribution is -0.138. The van der Waals surface area contributed by atoms with Crippen LogP contribution >= 0.6 is 22.9 Å². The second-order valence-electron chi connectivity index (χ2n) is 9.76. The number of halogens is 1. The van der Waals surface area contributed by atoms with Crippen LogP contribution in [0.1, 0.15) is 29.9 Å². The number of hydrogen-bond donors (Lipinski definition) is 0. The molecule has 0 saturated carbocycles. The van der Waals surface area contributed by atoms with Gasteiger partial charge in [-0.2, -0.15) is 0 Å². The number of carbonyl (C=O) groups excluding carboxylic acids is 1. The third-order valence-corrected chi connectivity index (χ3v) is 8.32. The molecule has 2 aromatic heterocycles. The maximum atomic E-state index is 14.2. The minimum absolute atomic E-state index is 0.154. The molecule has 0 fully saturated rings. The lowest BCUT2D eigenvalue weighted by Gasteiger charge is -2.26. The van der Waals surface area contributed by atoms with Gasteiger partial charge in [0.15, 0.2) is 16.3 Å². The Balaban J connectivity index is 1.58. The molecule has 10 heteroatoms. The van der Waals surface area contributed by atoms with Crippen molar-refractivity contribution in [1.29, 1.82) is 0 Å². The first kappa shape index (κ1) is 29.2. The van der Waals surface area contributed by atoms with Crippen LogP contribution in [-0.4, -0.2) is 31.4 Å². The van der Waals surface area contributed by atoms with E-state index in [0.717, 1.165) is 11.1 Å². The Kier molecular flexibility index (Phi) is 8.23. The van der Waals surface area contributed by atoms with Crippen LogP contribution in [0.2, 0.25) is 5.02 Å². The van der Waals surface area contributed by atoms with Crippen LogP contribution in [0, 0.1) is 0 Å². The third-order valence-electron chi connectivity index (χ3n) is 7.11. The van der Waals surface area contributed by atoms with Crippen molar-refractivity contribution in [2.45, 2.75) is 13.0 Å². The van der Waals surface area contributed by atoms with Gasteiger partial charge in [0, 0.05) is 22.2 Å². The number of carbonyl (C=O) groups is 1. The van der Waals surface area contributed by atoms with Gasteiger partial charge >= 0.3 is 5.97 Å². The molecule has 0 N–H and O–H groups in total. The van der Waals surface area contributed by atoms with Crippen molar-refractivity contribution in [2.24, 2.45) is 4.99 Å². The number of furan rings is 1. The molecular formula is C34H27ClN2O6S. The van der Waals surface area contributed by atoms with E-state index in [2.05, 4.69) is 0 Å². The summed E-state index contributed by atoms with van der Waals surface area (Å²) >= 11 is 7.38. The summed E-state index contributed by atoms with van der Waals surface area (Å²) in [6.07, 6.45) is 1.68. The van der Waals surface area contributed by atoms with E-state index in [0.29, 0.717) is 48.6 Å². The van der Waals surface area contributed by atoms with E-state index in [1.54, 1.807) is 50.4 Å². The average Bonchev–Trinajstić information content (AvgIpc) is 3.64. The lowest BCUT2D eigenvalue weighted by Crippen LogP contribution is -2.40. The lowest BCUT2D eigenvalue weighted by atomic mass is 9.93. The Hall–Kier alpha value is -4.86. The Morgan fingerprint density at radius 3 is 2.48 bits per heavy atom. The Morgan fingerprint density at radius 2 is 1.75 bits per heavy atom. The van der Waals surface area contributed by atoms with Gasteiger partial charge in [-0.15, -0.1) is 0 Å². The molecule has 6 rings (SSSR count). The van der Waals surface area contributed by atoms with Crippen LogP contribution in [0.5, 0.6) is 11.5 Å². The molecule has 5 aromatic rings. The normalized spacial score (nSPS) is 14.6. The molecule has 222 valence electrons. The van der Waals surface area contributed by atoms with Crippen molar-refractivity contribution in [3.8, 4) is 22.8 Å². The van der Waals surface area contributed by atoms with Gasteiger partial charge in [-0.3, -0.25) is 9.36 Å². The molecule has 1 aliphatic rings. The largest absolute Gasteiger partial charge is 0.493 e. The SMILES string of the molecule is CCOC(=O)C1=C(c2ccccc2)N=c2s/c(=C\c3ccc(-c4cccc(Cl)c4)o3)c(=O)n2[C@@H]1c1ccc(OC)c(OC)c1. The highest BCUT2D eigenvalue weighted by atomic mass is 35.5. The molecular weight excluding hydrogens is 600 g/mol. The average molecular weight is 627 g/mol. The molecule has 3 heterocycles. The summed E-state index contributed by atoms with van der Waals surface area (Å²) < 4.78 is 24.5. The fourth-order valence-electron chi connectivity index (χ4n) is 5.14. The number of nitrogens with zero attached hydrogens (tertiary/aromatic N) is 2. The zero-order valence-corrected chi connectivity index (χ0v) is 25.6. The van der Waals surface area contributed by atoms with E-state index in [4.69, 9.17) is 35.2 Å². The predicted molar refractivity (Wildman–Crippen MR) is 170 cm³/mol. The smallest absolute Gasteiger partial charge is 0.338 e. The molecule has 0 amide bonds. The monoisotopic (exact) mass is 626 g/mol. The molecule has 0 radical (unpaired) electrons. The molecule has 1 atom stereocenters. The van der Waals surface area contributed by atoms with Crippen molar-refractivity contribution >= 4 is 40.7 Å². The summed E-state index contributed by atoms with van der Waals surface area (Å²) in [6, 6.07) is 24.8. The van der Waals surface area contributed by atoms with Crippen molar-refractivity contribution in [3.63, 3.8) is 0 Å².